The maximum atomic E-state index is 9.72. The van der Waals surface area contributed by atoms with Crippen LogP contribution in [0.2, 0.25) is 0 Å². The van der Waals surface area contributed by atoms with Crippen LogP contribution in [0.25, 0.3) is 0 Å². The van der Waals surface area contributed by atoms with Crippen LogP contribution < -0.4 is 5.73 Å². The molecule has 0 radical (unpaired) electrons. The molecule has 0 aliphatic heterocycles. The van der Waals surface area contributed by atoms with Crippen molar-refractivity contribution in [1.29, 1.82) is 0 Å². The number of aliphatic hydroxyl groups is 1. The molecule has 0 amide bonds. The van der Waals surface area contributed by atoms with Gasteiger partial charge in [-0.3, -0.25) is 0 Å². The maximum Gasteiger partial charge on any atom is 0.0693 e. The van der Waals surface area contributed by atoms with Crippen LogP contribution in [-0.2, 0) is 0 Å². The molecule has 14 heavy (non-hydrogen) atoms. The van der Waals surface area contributed by atoms with E-state index < -0.39 is 0 Å². The zero-order valence-corrected chi connectivity index (χ0v) is 10.00. The van der Waals surface area contributed by atoms with Crippen LogP contribution in [0.1, 0.15) is 59.3 Å². The first-order valence-corrected chi connectivity index (χ1v) is 6.03. The van der Waals surface area contributed by atoms with Gasteiger partial charge in [0.05, 0.1) is 6.10 Å². The molecule has 0 saturated heterocycles. The number of rotatable bonds is 8. The van der Waals surface area contributed by atoms with Crippen LogP contribution >= 0.6 is 0 Å². The first kappa shape index (κ1) is 13.9. The Labute approximate surface area is 88.9 Å². The smallest absolute Gasteiger partial charge is 0.0693 e. The third kappa shape index (κ3) is 6.39. The van der Waals surface area contributed by atoms with Crippen LogP contribution in [0.4, 0.5) is 0 Å². The zero-order valence-electron chi connectivity index (χ0n) is 10.00. The molecule has 2 heteroatoms. The van der Waals surface area contributed by atoms with Gasteiger partial charge in [-0.15, -0.1) is 0 Å². The molecule has 0 spiro atoms. The van der Waals surface area contributed by atoms with Gasteiger partial charge in [-0.1, -0.05) is 52.9 Å². The van der Waals surface area contributed by atoms with E-state index >= 15 is 0 Å². The lowest BCUT2D eigenvalue weighted by atomic mass is 9.95. The minimum atomic E-state index is -0.309. The lowest BCUT2D eigenvalue weighted by molar-refractivity contribution is 0.113. The van der Waals surface area contributed by atoms with Crippen molar-refractivity contribution in [2.24, 2.45) is 11.7 Å². The van der Waals surface area contributed by atoms with E-state index in [-0.39, 0.29) is 12.1 Å². The third-order valence-electron chi connectivity index (χ3n) is 2.82. The van der Waals surface area contributed by atoms with Gasteiger partial charge in [0, 0.05) is 6.04 Å². The quantitative estimate of drug-likeness (QED) is 0.593. The van der Waals surface area contributed by atoms with E-state index in [0.717, 1.165) is 12.8 Å². The van der Waals surface area contributed by atoms with Crippen LogP contribution in [-0.4, -0.2) is 17.3 Å². The average Bonchev–Trinajstić information content (AvgIpc) is 2.16. The van der Waals surface area contributed by atoms with E-state index in [4.69, 9.17) is 5.73 Å². The molecule has 0 aliphatic rings. The Morgan fingerprint density at radius 3 is 2.14 bits per heavy atom. The van der Waals surface area contributed by atoms with E-state index in [9.17, 15) is 5.11 Å². The van der Waals surface area contributed by atoms with Crippen LogP contribution in [0.3, 0.4) is 0 Å². The van der Waals surface area contributed by atoms with Crippen molar-refractivity contribution in [1.82, 2.24) is 0 Å². The normalized spacial score (nSPS) is 15.9. The summed E-state index contributed by atoms with van der Waals surface area (Å²) in [5, 5.41) is 9.72. The third-order valence-corrected chi connectivity index (χ3v) is 2.82. The summed E-state index contributed by atoms with van der Waals surface area (Å²) in [5.41, 5.74) is 5.85. The highest BCUT2D eigenvalue weighted by molar-refractivity contribution is 4.74. The summed E-state index contributed by atoms with van der Waals surface area (Å²) in [7, 11) is 0. The molecule has 2 unspecified atom stereocenters. The predicted molar refractivity (Wildman–Crippen MR) is 62.2 cm³/mol. The van der Waals surface area contributed by atoms with Crippen molar-refractivity contribution < 1.29 is 5.11 Å². The van der Waals surface area contributed by atoms with Gasteiger partial charge >= 0.3 is 0 Å². The molecule has 0 fully saturated rings. The monoisotopic (exact) mass is 201 g/mol. The minimum absolute atomic E-state index is 0.0545. The first-order valence-electron chi connectivity index (χ1n) is 6.03. The Hall–Kier alpha value is -0.0800. The lowest BCUT2D eigenvalue weighted by Gasteiger charge is -2.21. The average molecular weight is 201 g/mol. The Morgan fingerprint density at radius 1 is 1.07 bits per heavy atom. The van der Waals surface area contributed by atoms with Crippen molar-refractivity contribution in [3.8, 4) is 0 Å². The number of unbranched alkanes of at least 4 members (excludes halogenated alkanes) is 4. The molecular formula is C12H27NO. The van der Waals surface area contributed by atoms with Gasteiger partial charge < -0.3 is 10.8 Å². The van der Waals surface area contributed by atoms with Gasteiger partial charge in [0.1, 0.15) is 0 Å². The number of aliphatic hydroxyl groups excluding tert-OH is 1. The van der Waals surface area contributed by atoms with Crippen molar-refractivity contribution in [3.05, 3.63) is 0 Å². The predicted octanol–water partition coefficient (Wildman–Crippen LogP) is 2.69. The van der Waals surface area contributed by atoms with Crippen molar-refractivity contribution in [2.45, 2.75) is 71.4 Å². The van der Waals surface area contributed by atoms with Gasteiger partial charge in [-0.2, -0.15) is 0 Å². The summed E-state index contributed by atoms with van der Waals surface area (Å²) in [6, 6.07) is -0.0545. The SMILES string of the molecule is CCCCCCCC(O)C(N)C(C)C. The van der Waals surface area contributed by atoms with E-state index in [1.54, 1.807) is 0 Å². The molecule has 0 aromatic heterocycles. The fraction of sp³-hybridized carbons (Fsp3) is 1.00. The number of nitrogens with two attached hydrogens (primary N) is 1. The molecule has 0 heterocycles. The molecule has 0 rings (SSSR count). The Morgan fingerprint density at radius 2 is 1.64 bits per heavy atom. The summed E-state index contributed by atoms with van der Waals surface area (Å²) >= 11 is 0. The Balaban J connectivity index is 3.39. The second-order valence-electron chi connectivity index (χ2n) is 4.59. The fourth-order valence-corrected chi connectivity index (χ4v) is 1.59. The molecular weight excluding hydrogens is 174 g/mol. The molecule has 86 valence electrons. The Bertz CT molecular complexity index is 125. The molecule has 0 aromatic rings. The van der Waals surface area contributed by atoms with Gasteiger partial charge in [0.15, 0.2) is 0 Å². The van der Waals surface area contributed by atoms with E-state index in [1.807, 2.05) is 0 Å². The van der Waals surface area contributed by atoms with Gasteiger partial charge in [-0.05, 0) is 12.3 Å². The van der Waals surface area contributed by atoms with Crippen molar-refractivity contribution in [2.75, 3.05) is 0 Å². The maximum absolute atomic E-state index is 9.72. The molecule has 0 aliphatic carbocycles. The topological polar surface area (TPSA) is 46.2 Å². The van der Waals surface area contributed by atoms with E-state index in [0.29, 0.717) is 5.92 Å². The second kappa shape index (κ2) is 8.25. The highest BCUT2D eigenvalue weighted by atomic mass is 16.3. The van der Waals surface area contributed by atoms with Crippen LogP contribution in [0.5, 0.6) is 0 Å². The molecule has 0 bridgehead atoms. The fourth-order valence-electron chi connectivity index (χ4n) is 1.59. The summed E-state index contributed by atoms with van der Waals surface area (Å²) < 4.78 is 0. The number of hydrogen-bond donors (Lipinski definition) is 2. The summed E-state index contributed by atoms with van der Waals surface area (Å²) in [4.78, 5) is 0. The molecule has 2 nitrogen and oxygen atoms in total. The van der Waals surface area contributed by atoms with E-state index in [2.05, 4.69) is 20.8 Å². The summed E-state index contributed by atoms with van der Waals surface area (Å²) in [5.74, 6) is 0.376. The van der Waals surface area contributed by atoms with Crippen molar-refractivity contribution in [3.63, 3.8) is 0 Å². The first-order chi connectivity index (χ1) is 6.59. The van der Waals surface area contributed by atoms with Crippen LogP contribution in [0, 0.1) is 5.92 Å². The largest absolute Gasteiger partial charge is 0.392 e. The molecule has 0 saturated carbocycles. The number of hydrogen-bond acceptors (Lipinski definition) is 2. The summed E-state index contributed by atoms with van der Waals surface area (Å²) in [6.07, 6.45) is 6.78. The minimum Gasteiger partial charge on any atom is -0.392 e. The second-order valence-corrected chi connectivity index (χ2v) is 4.59. The molecule has 3 N–H and O–H groups in total. The highest BCUT2D eigenvalue weighted by Crippen LogP contribution is 2.12. The standard InChI is InChI=1S/C12H27NO/c1-4-5-6-7-8-9-11(14)12(13)10(2)3/h10-12,14H,4-9,13H2,1-3H3. The summed E-state index contributed by atoms with van der Waals surface area (Å²) in [6.45, 7) is 6.33. The van der Waals surface area contributed by atoms with Crippen molar-refractivity contribution >= 4 is 0 Å². The lowest BCUT2D eigenvalue weighted by Crippen LogP contribution is -2.39. The zero-order chi connectivity index (χ0) is 11.0. The molecule has 2 atom stereocenters. The Kier molecular flexibility index (Phi) is 8.20. The van der Waals surface area contributed by atoms with Gasteiger partial charge in [-0.25, -0.2) is 0 Å². The van der Waals surface area contributed by atoms with Gasteiger partial charge in [0.25, 0.3) is 0 Å². The van der Waals surface area contributed by atoms with Crippen LogP contribution in [0.15, 0.2) is 0 Å². The molecule has 0 aromatic carbocycles. The van der Waals surface area contributed by atoms with E-state index in [1.165, 1.54) is 25.7 Å². The van der Waals surface area contributed by atoms with Gasteiger partial charge in [0.2, 0.25) is 0 Å². The highest BCUT2D eigenvalue weighted by Gasteiger charge is 2.17.